The molecule has 0 fully saturated rings. The Bertz CT molecular complexity index is 657. The zero-order chi connectivity index (χ0) is 14.5. The number of halogens is 1. The lowest BCUT2D eigenvalue weighted by Crippen LogP contribution is -2.26. The second kappa shape index (κ2) is 4.45. The fourth-order valence-corrected chi connectivity index (χ4v) is 3.21. The van der Waals surface area contributed by atoms with Crippen molar-refractivity contribution in [2.24, 2.45) is 5.41 Å². The van der Waals surface area contributed by atoms with Crippen LogP contribution in [-0.4, -0.2) is 9.67 Å². The van der Waals surface area contributed by atoms with Crippen LogP contribution in [0.15, 0.2) is 30.5 Å². The largest absolute Gasteiger partial charge is 0.388 e. The van der Waals surface area contributed by atoms with E-state index in [1.807, 2.05) is 22.9 Å². The molecule has 1 unspecified atom stereocenters. The molecule has 3 rings (SSSR count). The first-order valence-corrected chi connectivity index (χ1v) is 7.03. The second-order valence-electron chi connectivity index (χ2n) is 6.53. The third kappa shape index (κ3) is 2.06. The molecule has 1 aromatic carbocycles. The first-order chi connectivity index (χ1) is 9.39. The third-order valence-electron chi connectivity index (χ3n) is 4.28. The SMILES string of the molecule is Cc1c(F)cccc1-n1ccc2c1CC(C)(C)CC2O. The predicted molar refractivity (Wildman–Crippen MR) is 77.5 cm³/mol. The fraction of sp³-hybridized carbons (Fsp3) is 0.412. The number of rotatable bonds is 1. The lowest BCUT2D eigenvalue weighted by Gasteiger charge is -2.34. The van der Waals surface area contributed by atoms with Gasteiger partial charge in [0, 0.05) is 23.0 Å². The van der Waals surface area contributed by atoms with Crippen LogP contribution >= 0.6 is 0 Å². The first kappa shape index (κ1) is 13.4. The van der Waals surface area contributed by atoms with E-state index in [4.69, 9.17) is 0 Å². The molecule has 3 heteroatoms. The van der Waals surface area contributed by atoms with Crippen LogP contribution in [0.25, 0.3) is 5.69 Å². The molecule has 106 valence electrons. The number of fused-ring (bicyclic) bond motifs is 1. The number of aliphatic hydroxyl groups is 1. The van der Waals surface area contributed by atoms with E-state index < -0.39 is 6.10 Å². The van der Waals surface area contributed by atoms with Crippen molar-refractivity contribution in [2.75, 3.05) is 0 Å². The van der Waals surface area contributed by atoms with Crippen LogP contribution < -0.4 is 0 Å². The smallest absolute Gasteiger partial charge is 0.128 e. The molecule has 0 bridgehead atoms. The number of nitrogens with zero attached hydrogens (tertiary/aromatic N) is 1. The zero-order valence-electron chi connectivity index (χ0n) is 12.2. The van der Waals surface area contributed by atoms with Gasteiger partial charge < -0.3 is 9.67 Å². The Morgan fingerprint density at radius 3 is 2.80 bits per heavy atom. The molecule has 1 aliphatic rings. The molecular formula is C17H20FNO. The number of benzene rings is 1. The molecule has 20 heavy (non-hydrogen) atoms. The van der Waals surface area contributed by atoms with Gasteiger partial charge in [-0.2, -0.15) is 0 Å². The van der Waals surface area contributed by atoms with Gasteiger partial charge in [0.05, 0.1) is 11.8 Å². The van der Waals surface area contributed by atoms with Crippen LogP contribution in [-0.2, 0) is 6.42 Å². The molecular weight excluding hydrogens is 253 g/mol. The second-order valence-corrected chi connectivity index (χ2v) is 6.53. The summed E-state index contributed by atoms with van der Waals surface area (Å²) in [6.07, 6.45) is 3.18. The topological polar surface area (TPSA) is 25.2 Å². The van der Waals surface area contributed by atoms with Crippen molar-refractivity contribution < 1.29 is 9.50 Å². The summed E-state index contributed by atoms with van der Waals surface area (Å²) < 4.78 is 15.8. The average Bonchev–Trinajstić information content (AvgIpc) is 2.75. The van der Waals surface area contributed by atoms with Crippen molar-refractivity contribution in [1.82, 2.24) is 4.57 Å². The summed E-state index contributed by atoms with van der Waals surface area (Å²) in [5, 5.41) is 10.3. The number of aliphatic hydroxyl groups excluding tert-OH is 1. The van der Waals surface area contributed by atoms with E-state index in [2.05, 4.69) is 13.8 Å². The molecule has 0 aliphatic heterocycles. The van der Waals surface area contributed by atoms with E-state index in [0.29, 0.717) is 5.56 Å². The van der Waals surface area contributed by atoms with Gasteiger partial charge in [0.25, 0.3) is 0 Å². The summed E-state index contributed by atoms with van der Waals surface area (Å²) in [7, 11) is 0. The van der Waals surface area contributed by atoms with Crippen LogP contribution in [0, 0.1) is 18.2 Å². The molecule has 1 N–H and O–H groups in total. The average molecular weight is 273 g/mol. The lowest BCUT2D eigenvalue weighted by atomic mass is 9.75. The Labute approximate surface area is 118 Å². The van der Waals surface area contributed by atoms with Crippen LogP contribution in [0.4, 0.5) is 4.39 Å². The van der Waals surface area contributed by atoms with Crippen LogP contribution in [0.5, 0.6) is 0 Å². The van der Waals surface area contributed by atoms with Gasteiger partial charge in [-0.15, -0.1) is 0 Å². The van der Waals surface area contributed by atoms with Crippen molar-refractivity contribution in [3.8, 4) is 5.69 Å². The molecule has 0 saturated carbocycles. The fourth-order valence-electron chi connectivity index (χ4n) is 3.21. The van der Waals surface area contributed by atoms with Crippen molar-refractivity contribution in [3.63, 3.8) is 0 Å². The van der Waals surface area contributed by atoms with Gasteiger partial charge in [0.1, 0.15) is 5.82 Å². The predicted octanol–water partition coefficient (Wildman–Crippen LogP) is 3.93. The Kier molecular flexibility index (Phi) is 2.98. The number of hydrogen-bond donors (Lipinski definition) is 1. The molecule has 1 heterocycles. The van der Waals surface area contributed by atoms with Crippen molar-refractivity contribution >= 4 is 0 Å². The Morgan fingerprint density at radius 1 is 1.30 bits per heavy atom. The van der Waals surface area contributed by atoms with Gasteiger partial charge in [-0.3, -0.25) is 0 Å². The summed E-state index contributed by atoms with van der Waals surface area (Å²) >= 11 is 0. The standard InChI is InChI=1S/C17H20FNO/c1-11-13(18)5-4-6-14(11)19-8-7-12-15(19)9-17(2,3)10-16(12)20/h4-8,16,20H,9-10H2,1-3H3. The molecule has 1 aliphatic carbocycles. The molecule has 0 radical (unpaired) electrons. The lowest BCUT2D eigenvalue weighted by molar-refractivity contribution is 0.0987. The minimum absolute atomic E-state index is 0.0593. The summed E-state index contributed by atoms with van der Waals surface area (Å²) in [5.41, 5.74) is 3.64. The third-order valence-corrected chi connectivity index (χ3v) is 4.28. The highest BCUT2D eigenvalue weighted by Gasteiger charge is 2.33. The van der Waals surface area contributed by atoms with Crippen molar-refractivity contribution in [1.29, 1.82) is 0 Å². The van der Waals surface area contributed by atoms with Gasteiger partial charge in [-0.1, -0.05) is 19.9 Å². The molecule has 1 aromatic heterocycles. The first-order valence-electron chi connectivity index (χ1n) is 7.03. The molecule has 0 amide bonds. The van der Waals surface area contributed by atoms with Crippen LogP contribution in [0.2, 0.25) is 0 Å². The highest BCUT2D eigenvalue weighted by Crippen LogP contribution is 2.42. The normalized spacial score (nSPS) is 20.8. The molecule has 0 spiro atoms. The maximum Gasteiger partial charge on any atom is 0.128 e. The Hall–Kier alpha value is -1.61. The Balaban J connectivity index is 2.16. The van der Waals surface area contributed by atoms with E-state index in [1.165, 1.54) is 6.07 Å². The molecule has 2 nitrogen and oxygen atoms in total. The van der Waals surface area contributed by atoms with E-state index in [-0.39, 0.29) is 11.2 Å². The van der Waals surface area contributed by atoms with Crippen LogP contribution in [0.3, 0.4) is 0 Å². The van der Waals surface area contributed by atoms with Gasteiger partial charge in [0.15, 0.2) is 0 Å². The number of hydrogen-bond acceptors (Lipinski definition) is 1. The number of aromatic nitrogens is 1. The van der Waals surface area contributed by atoms with Crippen LogP contribution in [0.1, 0.15) is 43.2 Å². The quantitative estimate of drug-likeness (QED) is 0.836. The van der Waals surface area contributed by atoms with Crippen molar-refractivity contribution in [3.05, 3.63) is 53.1 Å². The summed E-state index contributed by atoms with van der Waals surface area (Å²) in [5.74, 6) is -0.194. The van der Waals surface area contributed by atoms with Gasteiger partial charge >= 0.3 is 0 Å². The van der Waals surface area contributed by atoms with Gasteiger partial charge in [0.2, 0.25) is 0 Å². The maximum atomic E-state index is 13.8. The maximum absolute atomic E-state index is 13.8. The Morgan fingerprint density at radius 2 is 2.05 bits per heavy atom. The summed E-state index contributed by atoms with van der Waals surface area (Å²) in [6, 6.07) is 7.09. The molecule has 2 aromatic rings. The van der Waals surface area contributed by atoms with E-state index in [9.17, 15) is 9.50 Å². The van der Waals surface area contributed by atoms with Crippen molar-refractivity contribution in [2.45, 2.75) is 39.7 Å². The highest BCUT2D eigenvalue weighted by atomic mass is 19.1. The summed E-state index contributed by atoms with van der Waals surface area (Å²) in [6.45, 7) is 6.12. The summed E-state index contributed by atoms with van der Waals surface area (Å²) in [4.78, 5) is 0. The van der Waals surface area contributed by atoms with E-state index in [1.54, 1.807) is 13.0 Å². The van der Waals surface area contributed by atoms with Gasteiger partial charge in [-0.05, 0) is 43.4 Å². The minimum Gasteiger partial charge on any atom is -0.388 e. The highest BCUT2D eigenvalue weighted by molar-refractivity contribution is 5.46. The molecule has 0 saturated heterocycles. The zero-order valence-corrected chi connectivity index (χ0v) is 12.2. The van der Waals surface area contributed by atoms with E-state index >= 15 is 0 Å². The van der Waals surface area contributed by atoms with E-state index in [0.717, 1.165) is 29.8 Å². The monoisotopic (exact) mass is 273 g/mol. The molecule has 1 atom stereocenters. The van der Waals surface area contributed by atoms with Gasteiger partial charge in [-0.25, -0.2) is 4.39 Å². The minimum atomic E-state index is -0.427.